The zero-order valence-electron chi connectivity index (χ0n) is 14.1. The highest BCUT2D eigenvalue weighted by molar-refractivity contribution is 5.80. The molecule has 0 spiro atoms. The van der Waals surface area contributed by atoms with Crippen LogP contribution in [0.3, 0.4) is 0 Å². The molecule has 2 aromatic carbocycles. The number of nitrogens with zero attached hydrogens (tertiary/aromatic N) is 2. The third-order valence-electron chi connectivity index (χ3n) is 3.68. The Kier molecular flexibility index (Phi) is 5.09. The number of aromatic nitrogens is 2. The van der Waals surface area contributed by atoms with Crippen molar-refractivity contribution in [3.63, 3.8) is 0 Å². The average molecular weight is 337 g/mol. The predicted octanol–water partition coefficient (Wildman–Crippen LogP) is 3.13. The molecule has 1 heterocycles. The van der Waals surface area contributed by atoms with E-state index in [0.717, 1.165) is 11.1 Å². The van der Waals surface area contributed by atoms with E-state index in [1.54, 1.807) is 6.92 Å². The summed E-state index contributed by atoms with van der Waals surface area (Å²) >= 11 is 0. The SMILES string of the molecule is Cc1ccccc1O[C@@H](C)C(=O)NCc1nc(-c2ccccc2)no1. The molecule has 0 fully saturated rings. The number of nitrogens with one attached hydrogen (secondary N) is 1. The number of carbonyl (C=O) groups excluding carboxylic acids is 1. The second-order valence-electron chi connectivity index (χ2n) is 5.62. The quantitative estimate of drug-likeness (QED) is 0.748. The van der Waals surface area contributed by atoms with Crippen molar-refractivity contribution in [2.75, 3.05) is 0 Å². The number of benzene rings is 2. The molecule has 3 rings (SSSR count). The van der Waals surface area contributed by atoms with E-state index in [1.165, 1.54) is 0 Å². The lowest BCUT2D eigenvalue weighted by molar-refractivity contribution is -0.127. The van der Waals surface area contributed by atoms with Gasteiger partial charge >= 0.3 is 0 Å². The van der Waals surface area contributed by atoms with Crippen LogP contribution in [0.15, 0.2) is 59.1 Å². The third-order valence-corrected chi connectivity index (χ3v) is 3.68. The Balaban J connectivity index is 1.55. The predicted molar refractivity (Wildman–Crippen MR) is 92.8 cm³/mol. The van der Waals surface area contributed by atoms with Crippen LogP contribution in [0.5, 0.6) is 5.75 Å². The maximum Gasteiger partial charge on any atom is 0.261 e. The number of ether oxygens (including phenoxy) is 1. The molecule has 6 heteroatoms. The number of carbonyl (C=O) groups is 1. The molecule has 6 nitrogen and oxygen atoms in total. The summed E-state index contributed by atoms with van der Waals surface area (Å²) in [5, 5.41) is 6.66. The van der Waals surface area contributed by atoms with Gasteiger partial charge in [0.1, 0.15) is 5.75 Å². The van der Waals surface area contributed by atoms with Crippen molar-refractivity contribution in [2.45, 2.75) is 26.5 Å². The zero-order valence-corrected chi connectivity index (χ0v) is 14.1. The fourth-order valence-corrected chi connectivity index (χ4v) is 2.27. The fourth-order valence-electron chi connectivity index (χ4n) is 2.27. The van der Waals surface area contributed by atoms with Crippen LogP contribution in [0.25, 0.3) is 11.4 Å². The van der Waals surface area contributed by atoms with Crippen LogP contribution >= 0.6 is 0 Å². The van der Waals surface area contributed by atoms with E-state index in [4.69, 9.17) is 9.26 Å². The molecule has 0 saturated carbocycles. The highest BCUT2D eigenvalue weighted by Gasteiger charge is 2.16. The molecule has 3 aromatic rings. The van der Waals surface area contributed by atoms with Gasteiger partial charge in [0, 0.05) is 5.56 Å². The minimum atomic E-state index is -0.627. The van der Waals surface area contributed by atoms with E-state index in [9.17, 15) is 4.79 Å². The molecular formula is C19H19N3O3. The molecule has 128 valence electrons. The summed E-state index contributed by atoms with van der Waals surface area (Å²) in [5.41, 5.74) is 1.84. The first-order chi connectivity index (χ1) is 12.1. The summed E-state index contributed by atoms with van der Waals surface area (Å²) in [6, 6.07) is 17.1. The van der Waals surface area contributed by atoms with Crippen LogP contribution in [0.4, 0.5) is 0 Å². The lowest BCUT2D eigenvalue weighted by Crippen LogP contribution is -2.36. The Labute approximate surface area is 145 Å². The van der Waals surface area contributed by atoms with Gasteiger partial charge < -0.3 is 14.6 Å². The fraction of sp³-hybridized carbons (Fsp3) is 0.211. The molecule has 0 aliphatic rings. The van der Waals surface area contributed by atoms with Gasteiger partial charge in [-0.3, -0.25) is 4.79 Å². The number of para-hydroxylation sites is 1. The first-order valence-corrected chi connectivity index (χ1v) is 8.01. The Morgan fingerprint density at radius 3 is 2.64 bits per heavy atom. The van der Waals surface area contributed by atoms with Crippen molar-refractivity contribution in [1.82, 2.24) is 15.5 Å². The van der Waals surface area contributed by atoms with Crippen LogP contribution in [0, 0.1) is 6.92 Å². The molecule has 1 atom stereocenters. The minimum Gasteiger partial charge on any atom is -0.481 e. The molecule has 1 aromatic heterocycles. The number of hydrogen-bond donors (Lipinski definition) is 1. The van der Waals surface area contributed by atoms with Crippen LogP contribution in [0.2, 0.25) is 0 Å². The highest BCUT2D eigenvalue weighted by atomic mass is 16.5. The van der Waals surface area contributed by atoms with Gasteiger partial charge in [0.15, 0.2) is 6.10 Å². The van der Waals surface area contributed by atoms with E-state index < -0.39 is 6.10 Å². The number of hydrogen-bond acceptors (Lipinski definition) is 5. The molecule has 0 unspecified atom stereocenters. The Morgan fingerprint density at radius 2 is 1.88 bits per heavy atom. The molecule has 0 radical (unpaired) electrons. The molecule has 25 heavy (non-hydrogen) atoms. The largest absolute Gasteiger partial charge is 0.481 e. The van der Waals surface area contributed by atoms with Gasteiger partial charge in [-0.2, -0.15) is 4.98 Å². The van der Waals surface area contributed by atoms with Gasteiger partial charge in [-0.25, -0.2) is 0 Å². The van der Waals surface area contributed by atoms with Gasteiger partial charge in [-0.1, -0.05) is 53.7 Å². The summed E-state index contributed by atoms with van der Waals surface area (Å²) in [5.74, 6) is 1.28. The first kappa shape index (κ1) is 16.7. The van der Waals surface area contributed by atoms with Crippen LogP contribution in [-0.4, -0.2) is 22.2 Å². The minimum absolute atomic E-state index is 0.153. The van der Waals surface area contributed by atoms with Crippen LogP contribution in [0.1, 0.15) is 18.4 Å². The second kappa shape index (κ2) is 7.61. The smallest absolute Gasteiger partial charge is 0.261 e. The van der Waals surface area contributed by atoms with Crippen molar-refractivity contribution < 1.29 is 14.1 Å². The topological polar surface area (TPSA) is 77.2 Å². The molecule has 0 saturated heterocycles. The van der Waals surface area contributed by atoms with Gasteiger partial charge in [0.05, 0.1) is 6.54 Å². The summed E-state index contributed by atoms with van der Waals surface area (Å²) in [6.07, 6.45) is -0.627. The van der Waals surface area contributed by atoms with Gasteiger partial charge in [-0.05, 0) is 25.5 Å². The van der Waals surface area contributed by atoms with E-state index in [2.05, 4.69) is 15.5 Å². The van der Waals surface area contributed by atoms with Crippen molar-refractivity contribution >= 4 is 5.91 Å². The molecule has 0 aliphatic carbocycles. The Bertz CT molecular complexity index is 846. The van der Waals surface area contributed by atoms with Crippen molar-refractivity contribution in [3.05, 3.63) is 66.1 Å². The highest BCUT2D eigenvalue weighted by Crippen LogP contribution is 2.18. The lowest BCUT2D eigenvalue weighted by Gasteiger charge is -2.15. The summed E-state index contributed by atoms with van der Waals surface area (Å²) < 4.78 is 10.9. The number of rotatable bonds is 6. The maximum absolute atomic E-state index is 12.2. The Morgan fingerprint density at radius 1 is 1.16 bits per heavy atom. The van der Waals surface area contributed by atoms with Crippen molar-refractivity contribution in [3.8, 4) is 17.1 Å². The van der Waals surface area contributed by atoms with E-state index in [1.807, 2.05) is 61.5 Å². The second-order valence-corrected chi connectivity index (χ2v) is 5.62. The molecule has 1 amide bonds. The average Bonchev–Trinajstić information content (AvgIpc) is 3.11. The van der Waals surface area contributed by atoms with E-state index in [-0.39, 0.29) is 12.5 Å². The molecule has 1 N–H and O–H groups in total. The first-order valence-electron chi connectivity index (χ1n) is 8.01. The van der Waals surface area contributed by atoms with Gasteiger partial charge in [-0.15, -0.1) is 0 Å². The van der Waals surface area contributed by atoms with E-state index >= 15 is 0 Å². The van der Waals surface area contributed by atoms with Gasteiger partial charge in [0.25, 0.3) is 5.91 Å². The summed E-state index contributed by atoms with van der Waals surface area (Å²) in [7, 11) is 0. The number of amides is 1. The summed E-state index contributed by atoms with van der Waals surface area (Å²) in [4.78, 5) is 16.5. The molecular weight excluding hydrogens is 318 g/mol. The molecule has 0 aliphatic heterocycles. The number of aryl methyl sites for hydroxylation is 1. The zero-order chi connectivity index (χ0) is 17.6. The lowest BCUT2D eigenvalue weighted by atomic mass is 10.2. The third kappa shape index (κ3) is 4.23. The standard InChI is InChI=1S/C19H19N3O3/c1-13-8-6-7-11-16(13)24-14(2)19(23)20-12-17-21-18(22-25-17)15-9-4-3-5-10-15/h3-11,14H,12H2,1-2H3,(H,20,23)/t14-/m0/s1. The van der Waals surface area contributed by atoms with Crippen molar-refractivity contribution in [2.24, 2.45) is 0 Å². The normalized spacial score (nSPS) is 11.8. The Hall–Kier alpha value is -3.15. The van der Waals surface area contributed by atoms with E-state index in [0.29, 0.717) is 17.5 Å². The summed E-state index contributed by atoms with van der Waals surface area (Å²) in [6.45, 7) is 3.79. The van der Waals surface area contributed by atoms with Crippen LogP contribution < -0.4 is 10.1 Å². The maximum atomic E-state index is 12.2. The van der Waals surface area contributed by atoms with Crippen LogP contribution in [-0.2, 0) is 11.3 Å². The van der Waals surface area contributed by atoms with Gasteiger partial charge in [0.2, 0.25) is 11.7 Å². The molecule has 0 bridgehead atoms. The monoisotopic (exact) mass is 337 g/mol. The van der Waals surface area contributed by atoms with Crippen molar-refractivity contribution in [1.29, 1.82) is 0 Å².